The van der Waals surface area contributed by atoms with Crippen molar-refractivity contribution in [2.24, 2.45) is 5.92 Å². The number of aryl methyl sites for hydroxylation is 2. The van der Waals surface area contributed by atoms with Crippen LogP contribution >= 0.6 is 0 Å². The molecule has 0 unspecified atom stereocenters. The van der Waals surface area contributed by atoms with E-state index in [1.165, 1.54) is 38.8 Å². The van der Waals surface area contributed by atoms with Crippen molar-refractivity contribution in [1.82, 2.24) is 14.9 Å². The zero-order valence-electron chi connectivity index (χ0n) is 13.7. The van der Waals surface area contributed by atoms with Crippen molar-refractivity contribution in [3.63, 3.8) is 0 Å². The van der Waals surface area contributed by atoms with E-state index in [1.54, 1.807) is 0 Å². The predicted octanol–water partition coefficient (Wildman–Crippen LogP) is 2.79. The van der Waals surface area contributed by atoms with Gasteiger partial charge in [0.2, 0.25) is 0 Å². The monoisotopic (exact) mass is 288 g/mol. The van der Waals surface area contributed by atoms with Crippen LogP contribution in [0.15, 0.2) is 6.20 Å². The van der Waals surface area contributed by atoms with Crippen molar-refractivity contribution >= 4 is 5.82 Å². The maximum Gasteiger partial charge on any atom is 0.150 e. The molecule has 1 saturated carbocycles. The van der Waals surface area contributed by atoms with Crippen molar-refractivity contribution < 1.29 is 0 Å². The lowest BCUT2D eigenvalue weighted by Crippen LogP contribution is -2.51. The van der Waals surface area contributed by atoms with E-state index in [4.69, 9.17) is 0 Å². The van der Waals surface area contributed by atoms with Gasteiger partial charge in [0.15, 0.2) is 0 Å². The van der Waals surface area contributed by atoms with E-state index < -0.39 is 0 Å². The Hall–Kier alpha value is -1.16. The third-order valence-corrected chi connectivity index (χ3v) is 5.17. The highest BCUT2D eigenvalue weighted by molar-refractivity contribution is 5.43. The molecule has 21 heavy (non-hydrogen) atoms. The summed E-state index contributed by atoms with van der Waals surface area (Å²) in [5.41, 5.74) is 2.07. The SMILES string of the molecule is Cc1cnc(C)c(N2CCN(C3CCC(C)CC3)CC2)n1. The lowest BCUT2D eigenvalue weighted by Gasteiger charge is -2.42. The summed E-state index contributed by atoms with van der Waals surface area (Å²) in [6.07, 6.45) is 7.47. The van der Waals surface area contributed by atoms with Gasteiger partial charge < -0.3 is 4.90 Å². The molecule has 1 saturated heterocycles. The molecule has 116 valence electrons. The van der Waals surface area contributed by atoms with Crippen molar-refractivity contribution in [1.29, 1.82) is 0 Å². The number of nitrogens with zero attached hydrogens (tertiary/aromatic N) is 4. The summed E-state index contributed by atoms with van der Waals surface area (Å²) >= 11 is 0. The minimum atomic E-state index is 0.827. The van der Waals surface area contributed by atoms with Crippen LogP contribution in [0.3, 0.4) is 0 Å². The summed E-state index contributed by atoms with van der Waals surface area (Å²) in [5.74, 6) is 2.03. The Labute approximate surface area is 128 Å². The van der Waals surface area contributed by atoms with Crippen molar-refractivity contribution in [2.75, 3.05) is 31.1 Å². The summed E-state index contributed by atoms with van der Waals surface area (Å²) in [5, 5.41) is 0. The zero-order chi connectivity index (χ0) is 14.8. The molecule has 1 aliphatic carbocycles. The Balaban J connectivity index is 1.59. The normalized spacial score (nSPS) is 27.9. The first-order valence-corrected chi connectivity index (χ1v) is 8.42. The Morgan fingerprint density at radius 3 is 2.33 bits per heavy atom. The maximum absolute atomic E-state index is 4.69. The fraction of sp³-hybridized carbons (Fsp3) is 0.765. The second-order valence-corrected chi connectivity index (χ2v) is 6.86. The second-order valence-electron chi connectivity index (χ2n) is 6.86. The van der Waals surface area contributed by atoms with E-state index >= 15 is 0 Å². The topological polar surface area (TPSA) is 32.3 Å². The highest BCUT2D eigenvalue weighted by Gasteiger charge is 2.27. The molecule has 0 spiro atoms. The van der Waals surface area contributed by atoms with Gasteiger partial charge in [0.05, 0.1) is 11.4 Å². The number of rotatable bonds is 2. The molecule has 1 aromatic heterocycles. The first-order valence-electron chi connectivity index (χ1n) is 8.42. The van der Waals surface area contributed by atoms with Crippen LogP contribution in [0.25, 0.3) is 0 Å². The van der Waals surface area contributed by atoms with Crippen LogP contribution in [0, 0.1) is 19.8 Å². The molecular weight excluding hydrogens is 260 g/mol. The van der Waals surface area contributed by atoms with E-state index in [2.05, 4.69) is 33.6 Å². The molecule has 1 aliphatic heterocycles. The number of piperazine rings is 1. The van der Waals surface area contributed by atoms with Gasteiger partial charge in [0.1, 0.15) is 5.82 Å². The molecule has 4 nitrogen and oxygen atoms in total. The van der Waals surface area contributed by atoms with Crippen molar-refractivity contribution in [3.8, 4) is 0 Å². The first kappa shape index (κ1) is 14.8. The Bertz CT molecular complexity index is 472. The fourth-order valence-corrected chi connectivity index (χ4v) is 3.73. The van der Waals surface area contributed by atoms with Crippen molar-refractivity contribution in [2.45, 2.75) is 52.5 Å². The van der Waals surface area contributed by atoms with E-state index in [0.717, 1.165) is 42.3 Å². The Kier molecular flexibility index (Phi) is 4.43. The summed E-state index contributed by atoms with van der Waals surface area (Å²) in [4.78, 5) is 14.3. The van der Waals surface area contributed by atoms with Crippen LogP contribution in [0.4, 0.5) is 5.82 Å². The molecule has 0 atom stereocenters. The van der Waals surface area contributed by atoms with E-state index in [0.29, 0.717) is 0 Å². The molecule has 0 N–H and O–H groups in total. The highest BCUT2D eigenvalue weighted by atomic mass is 15.3. The standard InChI is InChI=1S/C17H28N4/c1-13-4-6-16(7-5-13)20-8-10-21(11-9-20)17-15(3)18-12-14(2)19-17/h12-13,16H,4-11H2,1-3H3. The summed E-state index contributed by atoms with van der Waals surface area (Å²) in [7, 11) is 0. The number of aromatic nitrogens is 2. The van der Waals surface area contributed by atoms with Gasteiger partial charge in [-0.3, -0.25) is 9.88 Å². The van der Waals surface area contributed by atoms with Crippen LogP contribution in [-0.4, -0.2) is 47.1 Å². The molecule has 1 aromatic rings. The van der Waals surface area contributed by atoms with Crippen LogP contribution in [0.1, 0.15) is 44.0 Å². The van der Waals surface area contributed by atoms with Gasteiger partial charge >= 0.3 is 0 Å². The Morgan fingerprint density at radius 1 is 1.00 bits per heavy atom. The van der Waals surface area contributed by atoms with Gasteiger partial charge in [-0.2, -0.15) is 0 Å². The van der Waals surface area contributed by atoms with Crippen LogP contribution in [0.5, 0.6) is 0 Å². The molecule has 4 heteroatoms. The van der Waals surface area contributed by atoms with Gasteiger partial charge in [-0.15, -0.1) is 0 Å². The minimum Gasteiger partial charge on any atom is -0.353 e. The maximum atomic E-state index is 4.69. The molecule has 0 aromatic carbocycles. The predicted molar refractivity (Wildman–Crippen MR) is 86.7 cm³/mol. The third kappa shape index (κ3) is 3.37. The van der Waals surface area contributed by atoms with Gasteiger partial charge in [0.25, 0.3) is 0 Å². The van der Waals surface area contributed by atoms with Gasteiger partial charge in [-0.05, 0) is 45.4 Å². The average molecular weight is 288 g/mol. The van der Waals surface area contributed by atoms with Crippen LogP contribution < -0.4 is 4.90 Å². The second kappa shape index (κ2) is 6.30. The average Bonchev–Trinajstić information content (AvgIpc) is 2.51. The molecule has 2 fully saturated rings. The molecule has 0 amide bonds. The summed E-state index contributed by atoms with van der Waals surface area (Å²) in [6.45, 7) is 11.0. The molecule has 0 bridgehead atoms. The van der Waals surface area contributed by atoms with E-state index in [-0.39, 0.29) is 0 Å². The zero-order valence-corrected chi connectivity index (χ0v) is 13.7. The lowest BCUT2D eigenvalue weighted by molar-refractivity contribution is 0.132. The minimum absolute atomic E-state index is 0.827. The van der Waals surface area contributed by atoms with E-state index in [9.17, 15) is 0 Å². The smallest absolute Gasteiger partial charge is 0.150 e. The van der Waals surface area contributed by atoms with Crippen LogP contribution in [-0.2, 0) is 0 Å². The van der Waals surface area contributed by atoms with Gasteiger partial charge in [0, 0.05) is 38.4 Å². The van der Waals surface area contributed by atoms with Crippen LogP contribution in [0.2, 0.25) is 0 Å². The third-order valence-electron chi connectivity index (χ3n) is 5.17. The molecular formula is C17H28N4. The lowest BCUT2D eigenvalue weighted by atomic mass is 9.86. The quantitative estimate of drug-likeness (QED) is 0.837. The Morgan fingerprint density at radius 2 is 1.67 bits per heavy atom. The van der Waals surface area contributed by atoms with Gasteiger partial charge in [-0.25, -0.2) is 4.98 Å². The van der Waals surface area contributed by atoms with Crippen molar-refractivity contribution in [3.05, 3.63) is 17.6 Å². The summed E-state index contributed by atoms with van der Waals surface area (Å²) < 4.78 is 0. The molecule has 3 rings (SSSR count). The van der Waals surface area contributed by atoms with E-state index in [1.807, 2.05) is 13.1 Å². The van der Waals surface area contributed by atoms with Gasteiger partial charge in [-0.1, -0.05) is 6.92 Å². The fourth-order valence-electron chi connectivity index (χ4n) is 3.73. The largest absolute Gasteiger partial charge is 0.353 e. The molecule has 2 heterocycles. The molecule has 2 aliphatic rings. The highest BCUT2D eigenvalue weighted by Crippen LogP contribution is 2.28. The molecule has 0 radical (unpaired) electrons. The first-order chi connectivity index (χ1) is 10.1. The number of hydrogen-bond donors (Lipinski definition) is 0. The number of hydrogen-bond acceptors (Lipinski definition) is 4. The summed E-state index contributed by atoms with van der Waals surface area (Å²) in [6, 6.07) is 0.827. The number of anilines is 1.